The molecule has 0 spiro atoms. The molecule has 0 unspecified atom stereocenters. The van der Waals surface area contributed by atoms with Crippen molar-refractivity contribution in [3.8, 4) is 0 Å². The molecular weight excluding hydrogens is 242 g/mol. The van der Waals surface area contributed by atoms with Crippen LogP contribution in [-0.4, -0.2) is 5.71 Å². The summed E-state index contributed by atoms with van der Waals surface area (Å²) in [7, 11) is 0. The van der Waals surface area contributed by atoms with Gasteiger partial charge in [0, 0.05) is 5.71 Å². The smallest absolute Gasteiger partial charge is 0.0998 e. The highest BCUT2D eigenvalue weighted by Gasteiger charge is 2.15. The first kappa shape index (κ1) is 13.1. The molecule has 0 bridgehead atoms. The lowest BCUT2D eigenvalue weighted by atomic mass is 9.95. The van der Waals surface area contributed by atoms with Crippen LogP contribution in [0.5, 0.6) is 0 Å². The van der Waals surface area contributed by atoms with Gasteiger partial charge in [-0.1, -0.05) is 67.1 Å². The van der Waals surface area contributed by atoms with E-state index in [1.165, 1.54) is 48.9 Å². The lowest BCUT2D eigenvalue weighted by Crippen LogP contribution is -2.08. The van der Waals surface area contributed by atoms with Gasteiger partial charge < -0.3 is 0 Å². The van der Waals surface area contributed by atoms with Gasteiger partial charge in [0.25, 0.3) is 0 Å². The monoisotopic (exact) mass is 263 g/mol. The van der Waals surface area contributed by atoms with Crippen LogP contribution in [0.25, 0.3) is 0 Å². The zero-order valence-corrected chi connectivity index (χ0v) is 11.8. The van der Waals surface area contributed by atoms with Gasteiger partial charge in [-0.25, -0.2) is 0 Å². The summed E-state index contributed by atoms with van der Waals surface area (Å²) >= 11 is 0. The minimum absolute atomic E-state index is 0.158. The molecule has 0 saturated heterocycles. The lowest BCUT2D eigenvalue weighted by molar-refractivity contribution is 0.658. The molecule has 20 heavy (non-hydrogen) atoms. The molecule has 1 heteroatoms. The molecule has 2 aromatic rings. The Bertz CT molecular complexity index is 509. The Balaban J connectivity index is 1.95. The fourth-order valence-electron chi connectivity index (χ4n) is 2.88. The highest BCUT2D eigenvalue weighted by atomic mass is 14.8. The fraction of sp³-hybridized carbons (Fsp3) is 0.316. The van der Waals surface area contributed by atoms with Gasteiger partial charge in [0.1, 0.15) is 0 Å². The molecule has 102 valence electrons. The van der Waals surface area contributed by atoms with Crippen LogP contribution in [0.2, 0.25) is 0 Å². The van der Waals surface area contributed by atoms with Gasteiger partial charge in [-0.3, -0.25) is 4.99 Å². The van der Waals surface area contributed by atoms with Crippen LogP contribution in [0.1, 0.15) is 49.3 Å². The maximum Gasteiger partial charge on any atom is 0.0998 e. The van der Waals surface area contributed by atoms with Gasteiger partial charge in [-0.05, 0) is 36.8 Å². The van der Waals surface area contributed by atoms with Crippen molar-refractivity contribution in [3.05, 3.63) is 71.8 Å². The molecule has 0 aliphatic heterocycles. The van der Waals surface area contributed by atoms with Gasteiger partial charge in [0.05, 0.1) is 6.04 Å². The number of hydrogen-bond donors (Lipinski definition) is 0. The van der Waals surface area contributed by atoms with Crippen molar-refractivity contribution in [2.24, 2.45) is 4.99 Å². The molecule has 1 fully saturated rings. The van der Waals surface area contributed by atoms with Crippen molar-refractivity contribution in [1.29, 1.82) is 0 Å². The first-order chi connectivity index (χ1) is 9.93. The number of aliphatic imine (C=N–C) groups is 1. The molecule has 3 rings (SSSR count). The predicted molar refractivity (Wildman–Crippen MR) is 85.2 cm³/mol. The SMILES string of the molecule is c1ccc(C(N=C2CCCCC2)c2ccccc2)cc1. The second-order valence-corrected chi connectivity index (χ2v) is 5.48. The molecule has 0 amide bonds. The van der Waals surface area contributed by atoms with Crippen LogP contribution in [-0.2, 0) is 0 Å². The van der Waals surface area contributed by atoms with E-state index in [2.05, 4.69) is 60.7 Å². The Hall–Kier alpha value is -1.89. The van der Waals surface area contributed by atoms with Crippen molar-refractivity contribution in [3.63, 3.8) is 0 Å². The molecule has 1 aliphatic rings. The maximum absolute atomic E-state index is 5.09. The summed E-state index contributed by atoms with van der Waals surface area (Å²) in [5.41, 5.74) is 3.97. The van der Waals surface area contributed by atoms with Crippen molar-refractivity contribution < 1.29 is 0 Å². The van der Waals surface area contributed by atoms with E-state index in [9.17, 15) is 0 Å². The summed E-state index contributed by atoms with van der Waals surface area (Å²) in [4.78, 5) is 5.09. The minimum Gasteiger partial charge on any atom is -0.281 e. The molecule has 1 aliphatic carbocycles. The van der Waals surface area contributed by atoms with Crippen LogP contribution < -0.4 is 0 Å². The van der Waals surface area contributed by atoms with E-state index in [0.29, 0.717) is 0 Å². The highest BCUT2D eigenvalue weighted by molar-refractivity contribution is 5.85. The molecule has 0 N–H and O–H groups in total. The summed E-state index contributed by atoms with van der Waals surface area (Å²) in [6.45, 7) is 0. The number of hydrogen-bond acceptors (Lipinski definition) is 1. The third kappa shape index (κ3) is 3.16. The summed E-state index contributed by atoms with van der Waals surface area (Å²) in [5, 5.41) is 0. The summed E-state index contributed by atoms with van der Waals surface area (Å²) in [5.74, 6) is 0. The average Bonchev–Trinajstić information content (AvgIpc) is 2.55. The zero-order chi connectivity index (χ0) is 13.6. The summed E-state index contributed by atoms with van der Waals surface area (Å²) < 4.78 is 0. The molecule has 2 aromatic carbocycles. The first-order valence-electron chi connectivity index (χ1n) is 7.59. The second-order valence-electron chi connectivity index (χ2n) is 5.48. The average molecular weight is 263 g/mol. The maximum atomic E-state index is 5.09. The molecule has 0 heterocycles. The van der Waals surface area contributed by atoms with E-state index >= 15 is 0 Å². The predicted octanol–water partition coefficient (Wildman–Crippen LogP) is 5.18. The van der Waals surface area contributed by atoms with Crippen molar-refractivity contribution >= 4 is 5.71 Å². The van der Waals surface area contributed by atoms with E-state index in [4.69, 9.17) is 4.99 Å². The van der Waals surface area contributed by atoms with Gasteiger partial charge >= 0.3 is 0 Å². The standard InChI is InChI=1S/C19H21N/c1-4-10-16(11-5-1)19(17-12-6-2-7-13-17)20-18-14-8-3-9-15-18/h1-2,4-7,10-13,19H,3,8-9,14-15H2. The fourth-order valence-corrected chi connectivity index (χ4v) is 2.88. The van der Waals surface area contributed by atoms with Crippen molar-refractivity contribution in [1.82, 2.24) is 0 Å². The third-order valence-corrected chi connectivity index (χ3v) is 3.97. The van der Waals surface area contributed by atoms with Crippen LogP contribution in [0, 0.1) is 0 Å². The zero-order valence-electron chi connectivity index (χ0n) is 11.8. The largest absolute Gasteiger partial charge is 0.281 e. The topological polar surface area (TPSA) is 12.4 Å². The second kappa shape index (κ2) is 6.51. The van der Waals surface area contributed by atoms with Gasteiger partial charge in [0.2, 0.25) is 0 Å². The van der Waals surface area contributed by atoms with E-state index in [1.54, 1.807) is 0 Å². The molecule has 1 nitrogen and oxygen atoms in total. The Kier molecular flexibility index (Phi) is 4.27. The minimum atomic E-state index is 0.158. The van der Waals surface area contributed by atoms with E-state index in [1.807, 2.05) is 0 Å². The molecular formula is C19H21N. The van der Waals surface area contributed by atoms with E-state index in [0.717, 1.165) is 0 Å². The quantitative estimate of drug-likeness (QED) is 0.723. The molecule has 0 atom stereocenters. The highest BCUT2D eigenvalue weighted by Crippen LogP contribution is 2.28. The first-order valence-corrected chi connectivity index (χ1v) is 7.59. The van der Waals surface area contributed by atoms with Crippen LogP contribution >= 0.6 is 0 Å². The Morgan fingerprint density at radius 1 is 0.650 bits per heavy atom. The Morgan fingerprint density at radius 2 is 1.15 bits per heavy atom. The summed E-state index contributed by atoms with van der Waals surface area (Å²) in [6.07, 6.45) is 6.32. The van der Waals surface area contributed by atoms with E-state index in [-0.39, 0.29) is 6.04 Å². The molecule has 0 radical (unpaired) electrons. The van der Waals surface area contributed by atoms with E-state index < -0.39 is 0 Å². The van der Waals surface area contributed by atoms with Gasteiger partial charge in [-0.2, -0.15) is 0 Å². The number of benzene rings is 2. The molecule has 1 saturated carbocycles. The normalized spacial score (nSPS) is 15.3. The Morgan fingerprint density at radius 3 is 1.65 bits per heavy atom. The van der Waals surface area contributed by atoms with Gasteiger partial charge in [-0.15, -0.1) is 0 Å². The van der Waals surface area contributed by atoms with Crippen LogP contribution in [0.15, 0.2) is 65.7 Å². The number of nitrogens with zero attached hydrogens (tertiary/aromatic N) is 1. The van der Waals surface area contributed by atoms with Crippen molar-refractivity contribution in [2.45, 2.75) is 38.1 Å². The van der Waals surface area contributed by atoms with Gasteiger partial charge in [0.15, 0.2) is 0 Å². The van der Waals surface area contributed by atoms with Crippen molar-refractivity contribution in [2.75, 3.05) is 0 Å². The Labute approximate surface area is 121 Å². The summed E-state index contributed by atoms with van der Waals surface area (Å²) in [6, 6.07) is 21.4. The number of rotatable bonds is 3. The third-order valence-electron chi connectivity index (χ3n) is 3.97. The lowest BCUT2D eigenvalue weighted by Gasteiger charge is -2.19. The molecule has 0 aromatic heterocycles. The van der Waals surface area contributed by atoms with Crippen LogP contribution in [0.3, 0.4) is 0 Å². The van der Waals surface area contributed by atoms with Crippen LogP contribution in [0.4, 0.5) is 0 Å².